The van der Waals surface area contributed by atoms with Crippen molar-refractivity contribution in [3.8, 4) is 0 Å². The van der Waals surface area contributed by atoms with E-state index < -0.39 is 0 Å². The van der Waals surface area contributed by atoms with Crippen LogP contribution in [0, 0.1) is 0 Å². The lowest BCUT2D eigenvalue weighted by Gasteiger charge is -0.413. The third-order valence-corrected chi connectivity index (χ3v) is 0. The van der Waals surface area contributed by atoms with Crippen LogP contribution in [-0.4, -0.2) is 11.0 Å². The van der Waals surface area contributed by atoms with Crippen molar-refractivity contribution in [2.24, 2.45) is 0 Å². The summed E-state index contributed by atoms with van der Waals surface area (Å²) in [6, 6.07) is 0. The molecule has 0 aliphatic carbocycles. The van der Waals surface area contributed by atoms with Crippen LogP contribution in [0.15, 0.2) is 0 Å². The molecular weight excluding hydrogens is 152 g/mol. The van der Waals surface area contributed by atoms with E-state index in [2.05, 4.69) is 0 Å². The van der Waals surface area contributed by atoms with E-state index in [0.29, 0.717) is 0 Å². The Morgan fingerprint density at radius 3 is 0.250 bits per heavy atom. The molecule has 0 aromatic heterocycles. The standard InChI is InChI=1S/10CH4.2H2O.2H2/h10*1H4;2*1H2;2*1H. The predicted octanol–water partition coefficient (Wildman–Crippen LogP) is 5.20. The van der Waals surface area contributed by atoms with Gasteiger partial charge in [0.2, 0.25) is 0 Å². The predicted molar refractivity (Wildman–Crippen MR) is 78.8 cm³/mol. The first-order valence-electron chi connectivity index (χ1n) is 0. The van der Waals surface area contributed by atoms with Crippen LogP contribution in [0.5, 0.6) is 0 Å². The molecule has 0 bridgehead atoms. The Kier molecular flexibility index (Phi) is 3110000000. The zero-order valence-corrected chi connectivity index (χ0v) is 1.00. The third-order valence-electron chi connectivity index (χ3n) is 0. The Balaban J connectivity index is 0. The molecular formula is C10H48O2. The number of hydrogen-bond donors (Lipinski definition) is 0. The first-order valence-corrected chi connectivity index (χ1v) is 0. The van der Waals surface area contributed by atoms with Crippen molar-refractivity contribution in [3.05, 3.63) is 0 Å². The molecule has 0 spiro atoms. The average molecular weight is 200 g/mol. The summed E-state index contributed by atoms with van der Waals surface area (Å²) in [6.45, 7) is 0. The van der Waals surface area contributed by atoms with Gasteiger partial charge in [0.1, 0.15) is 0 Å². The lowest BCUT2D eigenvalue weighted by Crippen LogP contribution is -0.290. The van der Waals surface area contributed by atoms with Crippen LogP contribution in [-0.2, 0) is 0 Å². The molecule has 0 aromatic carbocycles. The molecule has 0 aliphatic rings. The van der Waals surface area contributed by atoms with Crippen LogP contribution < -0.4 is 0 Å². The zero-order chi connectivity index (χ0) is 0. The molecule has 2 nitrogen and oxygen atoms in total. The van der Waals surface area contributed by atoms with E-state index in [9.17, 15) is 0 Å². The maximum Gasteiger partial charge on any atom is 0 e. The van der Waals surface area contributed by atoms with E-state index in [1.165, 1.54) is 0 Å². The molecule has 0 rings (SSSR count). The fraction of sp³-hybridized carbons (Fsp3) is 1.00. The molecule has 0 saturated heterocycles. The molecule has 0 aromatic rings. The van der Waals surface area contributed by atoms with Gasteiger partial charge in [0.25, 0.3) is 0 Å². The second kappa shape index (κ2) is 168000. The van der Waals surface area contributed by atoms with Crippen LogP contribution >= 0.6 is 0 Å². The Morgan fingerprint density at radius 1 is 0.250 bits per heavy atom. The molecule has 0 unspecified atom stereocenters. The fourth-order valence-corrected chi connectivity index (χ4v) is 0. The van der Waals surface area contributed by atoms with Crippen LogP contribution in [0.3, 0.4) is 0 Å². The summed E-state index contributed by atoms with van der Waals surface area (Å²) >= 11 is 0. The monoisotopic (exact) mass is 200 g/mol. The van der Waals surface area contributed by atoms with Gasteiger partial charge in [-0.2, -0.15) is 0 Å². The quantitative estimate of drug-likeness (QED) is 0.516. The highest BCUT2D eigenvalue weighted by atomic mass is 16.0. The minimum atomic E-state index is 0. The van der Waals surface area contributed by atoms with Crippen LogP contribution in [0.4, 0.5) is 0 Å². The van der Waals surface area contributed by atoms with Crippen molar-refractivity contribution in [1.29, 1.82) is 0 Å². The summed E-state index contributed by atoms with van der Waals surface area (Å²) < 4.78 is 0. The molecule has 0 fully saturated rings. The number of rotatable bonds is 0. The van der Waals surface area contributed by atoms with Crippen molar-refractivity contribution >= 4 is 0 Å². The van der Waals surface area contributed by atoms with Gasteiger partial charge in [0.05, 0.1) is 0 Å². The number of hydrogen-bond acceptors (Lipinski definition) is 0. The smallest absolute Gasteiger partial charge is 0 e. The van der Waals surface area contributed by atoms with E-state index in [1.807, 2.05) is 0 Å². The molecule has 4 N–H and O–H groups in total. The Labute approximate surface area is 89.0 Å². The van der Waals surface area contributed by atoms with Gasteiger partial charge in [-0.1, -0.05) is 74.3 Å². The molecule has 0 atom stereocenters. The third kappa shape index (κ3) is 123000. The highest BCUT2D eigenvalue weighted by molar-refractivity contribution is 2.51. The highest BCUT2D eigenvalue weighted by Gasteiger charge is -0.0685. The summed E-state index contributed by atoms with van der Waals surface area (Å²) in [5, 5.41) is 0. The summed E-state index contributed by atoms with van der Waals surface area (Å²) in [5.41, 5.74) is 0. The SMILES string of the molecule is C.C.C.C.C.C.C.C.C.C.O.O.[HH].[HH]. The van der Waals surface area contributed by atoms with Gasteiger partial charge in [0, 0.05) is 2.85 Å². The van der Waals surface area contributed by atoms with Gasteiger partial charge >= 0.3 is 0 Å². The maximum atomic E-state index is 0. The van der Waals surface area contributed by atoms with Crippen molar-refractivity contribution in [1.82, 2.24) is 0 Å². The summed E-state index contributed by atoms with van der Waals surface area (Å²) in [7, 11) is 0. The topological polar surface area (TPSA) is 63.0 Å². The molecule has 0 heterocycles. The van der Waals surface area contributed by atoms with Crippen LogP contribution in [0.2, 0.25) is 0 Å². The van der Waals surface area contributed by atoms with E-state index >= 15 is 0 Å². The zero-order valence-electron chi connectivity index (χ0n) is 1.00. The Morgan fingerprint density at radius 2 is 0.250 bits per heavy atom. The first kappa shape index (κ1) is 222000. The van der Waals surface area contributed by atoms with E-state index in [4.69, 9.17) is 0 Å². The molecule has 2 heteroatoms. The fourth-order valence-electron chi connectivity index (χ4n) is 0. The Hall–Kier alpha value is -0.0800. The molecule has 0 amide bonds. The van der Waals surface area contributed by atoms with E-state index in [-0.39, 0.29) is 88.1 Å². The first-order chi connectivity index (χ1) is 0. The summed E-state index contributed by atoms with van der Waals surface area (Å²) in [5.74, 6) is 0. The Bertz CT molecular complexity index is 16.1. The highest BCUT2D eigenvalue weighted by Crippen LogP contribution is 0.153. The minimum Gasteiger partial charge on any atom is -0.412 e. The van der Waals surface area contributed by atoms with E-state index in [1.54, 1.807) is 0 Å². The van der Waals surface area contributed by atoms with E-state index in [0.717, 1.165) is 0 Å². The minimum absolute atomic E-state index is 0. The van der Waals surface area contributed by atoms with Crippen molar-refractivity contribution < 1.29 is 13.8 Å². The van der Waals surface area contributed by atoms with Gasteiger partial charge in [-0.05, 0) is 0 Å². The normalized spacial score (nSPS) is 0. The molecule has 0 saturated carbocycles. The molecule has 12 heavy (non-hydrogen) atoms. The lowest BCUT2D eigenvalue weighted by atomic mass is 12.0. The largest absolute Gasteiger partial charge is 0.412 e. The second-order valence-electron chi connectivity index (χ2n) is 0. The summed E-state index contributed by atoms with van der Waals surface area (Å²) in [6.07, 6.45) is 0. The average Bonchev–Trinajstić information content (AvgIpc) is 0. The molecule has 0 radical (unpaired) electrons. The van der Waals surface area contributed by atoms with Crippen LogP contribution in [0.25, 0.3) is 0 Å². The maximum absolute atomic E-state index is 0. The molecule has 0 aliphatic heterocycles. The van der Waals surface area contributed by atoms with Crippen molar-refractivity contribution in [2.45, 2.75) is 74.3 Å². The van der Waals surface area contributed by atoms with Gasteiger partial charge in [-0.25, -0.2) is 0 Å². The van der Waals surface area contributed by atoms with Gasteiger partial charge in [-0.15, -0.1) is 0 Å². The second-order valence-corrected chi connectivity index (χ2v) is 0. The van der Waals surface area contributed by atoms with Crippen LogP contribution in [0.1, 0.15) is 77.1 Å². The lowest BCUT2D eigenvalue weighted by molar-refractivity contribution is 0.823. The molecule has 100 valence electrons. The van der Waals surface area contributed by atoms with Gasteiger partial charge in [0.15, 0.2) is 0 Å². The summed E-state index contributed by atoms with van der Waals surface area (Å²) in [4.78, 5) is 0. The van der Waals surface area contributed by atoms with Crippen molar-refractivity contribution in [3.63, 3.8) is 0 Å². The van der Waals surface area contributed by atoms with Crippen molar-refractivity contribution in [2.75, 3.05) is 0 Å². The van der Waals surface area contributed by atoms with Gasteiger partial charge in [-0.3, -0.25) is 0 Å². The van der Waals surface area contributed by atoms with Gasteiger partial charge < -0.3 is 11.0 Å².